The van der Waals surface area contributed by atoms with E-state index in [0.717, 1.165) is 28.4 Å². The van der Waals surface area contributed by atoms with Gasteiger partial charge in [0.1, 0.15) is 12.4 Å². The predicted molar refractivity (Wildman–Crippen MR) is 99.9 cm³/mol. The van der Waals surface area contributed by atoms with E-state index in [1.165, 1.54) is 16.2 Å². The van der Waals surface area contributed by atoms with Crippen LogP contribution in [-0.4, -0.2) is 44.4 Å². The first kappa shape index (κ1) is 18.2. The SMILES string of the molecule is Cc1nc(NC(=O)N2CCC[C@H]2C(N)=O)sc1-c1cc(C(C)C)ncn1. The second-order valence-electron chi connectivity index (χ2n) is 6.60. The van der Waals surface area contributed by atoms with Crippen molar-refractivity contribution in [2.45, 2.75) is 45.6 Å². The van der Waals surface area contributed by atoms with Crippen molar-refractivity contribution in [1.29, 1.82) is 0 Å². The molecule has 3 N–H and O–H groups in total. The number of urea groups is 1. The van der Waals surface area contributed by atoms with Crippen LogP contribution in [0.5, 0.6) is 0 Å². The monoisotopic (exact) mass is 374 g/mol. The minimum absolute atomic E-state index is 0.296. The first-order chi connectivity index (χ1) is 12.4. The highest BCUT2D eigenvalue weighted by molar-refractivity contribution is 7.19. The van der Waals surface area contributed by atoms with E-state index >= 15 is 0 Å². The highest BCUT2D eigenvalue weighted by Gasteiger charge is 2.33. The van der Waals surface area contributed by atoms with Gasteiger partial charge in [-0.2, -0.15) is 0 Å². The third-order valence-electron chi connectivity index (χ3n) is 4.36. The molecule has 1 fully saturated rings. The lowest BCUT2D eigenvalue weighted by Crippen LogP contribution is -2.45. The molecule has 1 aliphatic rings. The summed E-state index contributed by atoms with van der Waals surface area (Å²) in [4.78, 5) is 39.3. The zero-order valence-electron chi connectivity index (χ0n) is 15.0. The van der Waals surface area contributed by atoms with Crippen molar-refractivity contribution in [3.8, 4) is 10.6 Å². The van der Waals surface area contributed by atoms with Gasteiger partial charge in [0.05, 0.1) is 16.3 Å². The van der Waals surface area contributed by atoms with Crippen molar-refractivity contribution < 1.29 is 9.59 Å². The van der Waals surface area contributed by atoms with E-state index in [-0.39, 0.29) is 6.03 Å². The Bertz CT molecular complexity index is 834. The Morgan fingerprint density at radius 1 is 1.38 bits per heavy atom. The number of hydrogen-bond donors (Lipinski definition) is 2. The van der Waals surface area contributed by atoms with E-state index in [9.17, 15) is 9.59 Å². The molecule has 2 aromatic heterocycles. The summed E-state index contributed by atoms with van der Waals surface area (Å²) in [7, 11) is 0. The third kappa shape index (κ3) is 3.67. The Kier molecular flexibility index (Phi) is 5.17. The van der Waals surface area contributed by atoms with E-state index in [0.29, 0.717) is 24.0 Å². The average Bonchev–Trinajstić information content (AvgIpc) is 3.21. The standard InChI is InChI=1S/C17H22N6O2S/c1-9(2)11-7-12(20-8-19-11)14-10(3)21-16(26-14)22-17(25)23-6-4-5-13(23)15(18)24/h7-9,13H,4-6H2,1-3H3,(H2,18,24)(H,21,22,25)/t13-/m0/s1. The fourth-order valence-electron chi connectivity index (χ4n) is 2.97. The average molecular weight is 374 g/mol. The molecule has 1 atom stereocenters. The molecule has 3 amide bonds. The molecule has 0 spiro atoms. The molecule has 2 aromatic rings. The van der Waals surface area contributed by atoms with Gasteiger partial charge >= 0.3 is 6.03 Å². The van der Waals surface area contributed by atoms with Gasteiger partial charge in [0.2, 0.25) is 5.91 Å². The molecule has 1 aliphatic heterocycles. The Labute approximate surface area is 155 Å². The van der Waals surface area contributed by atoms with Gasteiger partial charge in [0.25, 0.3) is 0 Å². The number of hydrogen-bond acceptors (Lipinski definition) is 6. The number of rotatable bonds is 4. The summed E-state index contributed by atoms with van der Waals surface area (Å²) in [6, 6.07) is 1.04. The zero-order chi connectivity index (χ0) is 18.8. The summed E-state index contributed by atoms with van der Waals surface area (Å²) in [5.74, 6) is -0.180. The fourth-order valence-corrected chi connectivity index (χ4v) is 3.89. The van der Waals surface area contributed by atoms with Crippen molar-refractivity contribution in [1.82, 2.24) is 19.9 Å². The summed E-state index contributed by atoms with van der Waals surface area (Å²) >= 11 is 1.35. The van der Waals surface area contributed by atoms with Gasteiger partial charge in [0, 0.05) is 12.2 Å². The van der Waals surface area contributed by atoms with Gasteiger partial charge < -0.3 is 10.6 Å². The number of primary amides is 1. The number of nitrogens with one attached hydrogen (secondary N) is 1. The van der Waals surface area contributed by atoms with E-state index in [4.69, 9.17) is 5.73 Å². The summed E-state index contributed by atoms with van der Waals surface area (Å²) in [6.07, 6.45) is 2.91. The minimum atomic E-state index is -0.550. The van der Waals surface area contributed by atoms with Crippen LogP contribution in [-0.2, 0) is 4.79 Å². The van der Waals surface area contributed by atoms with E-state index in [1.807, 2.05) is 13.0 Å². The van der Waals surface area contributed by atoms with Gasteiger partial charge in [-0.25, -0.2) is 19.7 Å². The molecule has 0 unspecified atom stereocenters. The second-order valence-corrected chi connectivity index (χ2v) is 7.60. The first-order valence-electron chi connectivity index (χ1n) is 8.53. The molecule has 0 radical (unpaired) electrons. The number of thiazole rings is 1. The van der Waals surface area contributed by atoms with Crippen molar-refractivity contribution >= 4 is 28.4 Å². The molecule has 26 heavy (non-hydrogen) atoms. The van der Waals surface area contributed by atoms with Crippen LogP contribution in [0.3, 0.4) is 0 Å². The third-order valence-corrected chi connectivity index (χ3v) is 5.46. The lowest BCUT2D eigenvalue weighted by atomic mass is 10.1. The molecule has 0 aromatic carbocycles. The highest BCUT2D eigenvalue weighted by Crippen LogP contribution is 2.32. The highest BCUT2D eigenvalue weighted by atomic mass is 32.1. The van der Waals surface area contributed by atoms with Crippen molar-refractivity contribution in [3.05, 3.63) is 23.8 Å². The lowest BCUT2D eigenvalue weighted by Gasteiger charge is -2.21. The lowest BCUT2D eigenvalue weighted by molar-refractivity contribution is -0.121. The number of amides is 3. The first-order valence-corrected chi connectivity index (χ1v) is 9.35. The van der Waals surface area contributed by atoms with Gasteiger partial charge in [-0.05, 0) is 31.7 Å². The molecule has 0 saturated carbocycles. The number of nitrogens with zero attached hydrogens (tertiary/aromatic N) is 4. The molecule has 9 heteroatoms. The van der Waals surface area contributed by atoms with Gasteiger partial charge in [-0.1, -0.05) is 25.2 Å². The van der Waals surface area contributed by atoms with Crippen LogP contribution < -0.4 is 11.1 Å². The molecule has 3 rings (SSSR count). The van der Waals surface area contributed by atoms with Crippen LogP contribution in [0, 0.1) is 6.92 Å². The van der Waals surface area contributed by atoms with Crippen molar-refractivity contribution in [3.63, 3.8) is 0 Å². The van der Waals surface area contributed by atoms with Gasteiger partial charge in [0.15, 0.2) is 5.13 Å². The number of anilines is 1. The smallest absolute Gasteiger partial charge is 0.324 e. The largest absolute Gasteiger partial charge is 0.368 e. The van der Waals surface area contributed by atoms with Gasteiger partial charge in [-0.15, -0.1) is 0 Å². The Morgan fingerprint density at radius 3 is 2.85 bits per heavy atom. The quantitative estimate of drug-likeness (QED) is 0.853. The maximum Gasteiger partial charge on any atom is 0.324 e. The Hall–Kier alpha value is -2.55. The van der Waals surface area contributed by atoms with E-state index in [1.54, 1.807) is 6.33 Å². The van der Waals surface area contributed by atoms with Crippen LogP contribution in [0.15, 0.2) is 12.4 Å². The predicted octanol–water partition coefficient (Wildman–Crippen LogP) is 2.51. The van der Waals surface area contributed by atoms with Crippen LogP contribution in [0.2, 0.25) is 0 Å². The topological polar surface area (TPSA) is 114 Å². The number of nitrogens with two attached hydrogens (primary N) is 1. The Morgan fingerprint density at radius 2 is 2.15 bits per heavy atom. The molecule has 0 aliphatic carbocycles. The Balaban J connectivity index is 1.79. The van der Waals surface area contributed by atoms with Crippen LogP contribution >= 0.6 is 11.3 Å². The maximum absolute atomic E-state index is 12.5. The molecule has 0 bridgehead atoms. The molecule has 138 valence electrons. The fraction of sp³-hybridized carbons (Fsp3) is 0.471. The summed E-state index contributed by atoms with van der Waals surface area (Å²) < 4.78 is 0. The maximum atomic E-state index is 12.5. The van der Waals surface area contributed by atoms with Crippen molar-refractivity contribution in [2.75, 3.05) is 11.9 Å². The van der Waals surface area contributed by atoms with Crippen LogP contribution in [0.1, 0.15) is 44.0 Å². The minimum Gasteiger partial charge on any atom is -0.368 e. The summed E-state index contributed by atoms with van der Waals surface area (Å²) in [6.45, 7) is 6.53. The number of carbonyl (C=O) groups is 2. The normalized spacial score (nSPS) is 16.9. The number of aryl methyl sites for hydroxylation is 1. The van der Waals surface area contributed by atoms with E-state index < -0.39 is 11.9 Å². The number of carbonyl (C=O) groups excluding carboxylic acids is 2. The van der Waals surface area contributed by atoms with Crippen LogP contribution in [0.25, 0.3) is 10.6 Å². The van der Waals surface area contributed by atoms with Crippen LogP contribution in [0.4, 0.5) is 9.93 Å². The second kappa shape index (κ2) is 7.36. The summed E-state index contributed by atoms with van der Waals surface area (Å²) in [5, 5.41) is 3.25. The zero-order valence-corrected chi connectivity index (χ0v) is 15.8. The van der Waals surface area contributed by atoms with Gasteiger partial charge in [-0.3, -0.25) is 10.1 Å². The number of aromatic nitrogens is 3. The molecule has 1 saturated heterocycles. The molecule has 3 heterocycles. The molecular weight excluding hydrogens is 352 g/mol. The molecule has 8 nitrogen and oxygen atoms in total. The van der Waals surface area contributed by atoms with E-state index in [2.05, 4.69) is 34.1 Å². The van der Waals surface area contributed by atoms with Crippen molar-refractivity contribution in [2.24, 2.45) is 5.73 Å². The molecular formula is C17H22N6O2S. The number of likely N-dealkylation sites (tertiary alicyclic amines) is 1. The summed E-state index contributed by atoms with van der Waals surface area (Å²) in [5.41, 5.74) is 7.90.